The lowest BCUT2D eigenvalue weighted by Gasteiger charge is -2.15. The van der Waals surface area contributed by atoms with Crippen molar-refractivity contribution in [2.45, 2.75) is 5.41 Å². The Balaban J connectivity index is 2.15. The van der Waals surface area contributed by atoms with Crippen molar-refractivity contribution in [3.05, 3.63) is 29.8 Å². The highest BCUT2D eigenvalue weighted by Gasteiger charge is 3.03. The number of anilines is 1. The van der Waals surface area contributed by atoms with Gasteiger partial charge in [-0.1, -0.05) is 18.2 Å². The number of para-hydroxylation sites is 1. The lowest BCUT2D eigenvalue weighted by molar-refractivity contribution is -0.133. The normalized spacial score (nSPS) is 38.1. The van der Waals surface area contributed by atoms with E-state index in [1.807, 2.05) is 5.32 Å². The molecule has 2 aliphatic heterocycles. The van der Waals surface area contributed by atoms with Gasteiger partial charge in [0.25, 0.3) is 11.8 Å². The number of carbonyl (C=O) groups excluding carboxylic acids is 3. The van der Waals surface area contributed by atoms with Gasteiger partial charge >= 0.3 is 0 Å². The first-order valence-electron chi connectivity index (χ1n) is 6.14. The van der Waals surface area contributed by atoms with E-state index in [9.17, 15) is 24.9 Å². The predicted molar refractivity (Wildman–Crippen MR) is 66.0 cm³/mol. The SMILES string of the molecule is N#CC12C(=O)NC(=O)C1(C#N)C21C(=O)Nc2ccccc21. The third-order valence-corrected chi connectivity index (χ3v) is 4.79. The number of rotatable bonds is 0. The van der Waals surface area contributed by atoms with Gasteiger partial charge in [0.1, 0.15) is 5.41 Å². The molecule has 0 aromatic heterocycles. The Labute approximate surface area is 118 Å². The number of nitrogens with zero attached hydrogens (tertiary/aromatic N) is 2. The second-order valence-corrected chi connectivity index (χ2v) is 5.26. The third kappa shape index (κ3) is 0.735. The Morgan fingerprint density at radius 2 is 1.43 bits per heavy atom. The maximum Gasteiger partial charge on any atom is 0.250 e. The van der Waals surface area contributed by atoms with Crippen LogP contribution in [0.4, 0.5) is 5.69 Å². The average molecular weight is 278 g/mol. The molecule has 1 saturated carbocycles. The summed E-state index contributed by atoms with van der Waals surface area (Å²) in [6.07, 6.45) is 0. The van der Waals surface area contributed by atoms with E-state index in [4.69, 9.17) is 0 Å². The maximum atomic E-state index is 12.5. The molecule has 4 rings (SSSR count). The number of hydrogen-bond acceptors (Lipinski definition) is 5. The zero-order chi connectivity index (χ0) is 15.0. The van der Waals surface area contributed by atoms with Gasteiger partial charge in [-0.05, 0) is 11.6 Å². The van der Waals surface area contributed by atoms with Gasteiger partial charge < -0.3 is 5.32 Å². The minimum absolute atomic E-state index is 0.348. The summed E-state index contributed by atoms with van der Waals surface area (Å²) in [5.74, 6) is -2.43. The molecule has 2 fully saturated rings. The van der Waals surface area contributed by atoms with Crippen LogP contribution in [0.25, 0.3) is 0 Å². The molecule has 1 aromatic carbocycles. The summed E-state index contributed by atoms with van der Waals surface area (Å²) in [7, 11) is 0. The first kappa shape index (κ1) is 11.6. The molecule has 1 spiro atoms. The van der Waals surface area contributed by atoms with Crippen LogP contribution in [0, 0.1) is 33.5 Å². The number of imide groups is 1. The van der Waals surface area contributed by atoms with Crippen molar-refractivity contribution in [3.8, 4) is 12.1 Å². The summed E-state index contributed by atoms with van der Waals surface area (Å²) >= 11 is 0. The number of nitriles is 2. The minimum atomic E-state index is -2.00. The Hall–Kier alpha value is -3.19. The summed E-state index contributed by atoms with van der Waals surface area (Å²) < 4.78 is 0. The van der Waals surface area contributed by atoms with E-state index in [-0.39, 0.29) is 0 Å². The van der Waals surface area contributed by atoms with Crippen LogP contribution >= 0.6 is 0 Å². The molecule has 7 heteroatoms. The molecule has 1 aromatic rings. The van der Waals surface area contributed by atoms with Crippen LogP contribution in [0.2, 0.25) is 0 Å². The van der Waals surface area contributed by atoms with Crippen LogP contribution < -0.4 is 10.6 Å². The predicted octanol–water partition coefficient (Wildman–Crippen LogP) is -0.434. The molecular weight excluding hydrogens is 272 g/mol. The summed E-state index contributed by atoms with van der Waals surface area (Å²) in [6.45, 7) is 0. The molecule has 1 saturated heterocycles. The van der Waals surface area contributed by atoms with Crippen molar-refractivity contribution in [1.82, 2.24) is 5.32 Å². The molecule has 2 N–H and O–H groups in total. The van der Waals surface area contributed by atoms with Crippen LogP contribution in [-0.2, 0) is 19.8 Å². The van der Waals surface area contributed by atoms with Crippen molar-refractivity contribution in [2.75, 3.05) is 5.32 Å². The summed E-state index contributed by atoms with van der Waals surface area (Å²) in [5.41, 5.74) is -4.98. The molecule has 2 atom stereocenters. The Morgan fingerprint density at radius 1 is 0.857 bits per heavy atom. The summed E-state index contributed by atoms with van der Waals surface area (Å²) in [6, 6.07) is 10.0. The van der Waals surface area contributed by atoms with Crippen molar-refractivity contribution in [1.29, 1.82) is 10.5 Å². The lowest BCUT2D eigenvalue weighted by Crippen LogP contribution is -2.43. The minimum Gasteiger partial charge on any atom is -0.325 e. The molecule has 2 heterocycles. The van der Waals surface area contributed by atoms with Gasteiger partial charge in [0, 0.05) is 5.69 Å². The van der Waals surface area contributed by atoms with Crippen LogP contribution in [0.5, 0.6) is 0 Å². The molecule has 2 unspecified atom stereocenters. The highest BCUT2D eigenvalue weighted by atomic mass is 16.2. The molecule has 1 aliphatic carbocycles. The number of carbonyl (C=O) groups is 3. The van der Waals surface area contributed by atoms with Gasteiger partial charge in [-0.2, -0.15) is 10.5 Å². The van der Waals surface area contributed by atoms with Gasteiger partial charge in [0.2, 0.25) is 5.91 Å². The zero-order valence-corrected chi connectivity index (χ0v) is 10.4. The molecule has 0 bridgehead atoms. The van der Waals surface area contributed by atoms with Gasteiger partial charge in [-0.25, -0.2) is 0 Å². The van der Waals surface area contributed by atoms with E-state index in [1.54, 1.807) is 36.4 Å². The van der Waals surface area contributed by atoms with Gasteiger partial charge in [-0.3, -0.25) is 19.7 Å². The zero-order valence-electron chi connectivity index (χ0n) is 10.4. The van der Waals surface area contributed by atoms with E-state index in [0.29, 0.717) is 11.3 Å². The first-order chi connectivity index (χ1) is 10.0. The second-order valence-electron chi connectivity index (χ2n) is 5.26. The van der Waals surface area contributed by atoms with Crippen molar-refractivity contribution in [3.63, 3.8) is 0 Å². The average Bonchev–Trinajstić information content (AvgIpc) is 2.82. The quantitative estimate of drug-likeness (QED) is 0.623. The molecule has 3 aliphatic rings. The first-order valence-corrected chi connectivity index (χ1v) is 6.14. The fourth-order valence-electron chi connectivity index (χ4n) is 3.97. The van der Waals surface area contributed by atoms with E-state index in [1.165, 1.54) is 0 Å². The van der Waals surface area contributed by atoms with Gasteiger partial charge in [-0.15, -0.1) is 0 Å². The molecule has 21 heavy (non-hydrogen) atoms. The highest BCUT2D eigenvalue weighted by molar-refractivity contribution is 6.31. The molecular formula is C14H6N4O3. The van der Waals surface area contributed by atoms with Crippen LogP contribution in [0.3, 0.4) is 0 Å². The Morgan fingerprint density at radius 3 is 2.00 bits per heavy atom. The van der Waals surface area contributed by atoms with Crippen molar-refractivity contribution < 1.29 is 14.4 Å². The number of hydrogen-bond donors (Lipinski definition) is 2. The van der Waals surface area contributed by atoms with Crippen LogP contribution in [0.1, 0.15) is 5.56 Å². The molecule has 100 valence electrons. The number of benzene rings is 1. The monoisotopic (exact) mass is 278 g/mol. The summed E-state index contributed by atoms with van der Waals surface area (Å²) in [4.78, 5) is 36.9. The molecule has 7 nitrogen and oxygen atoms in total. The third-order valence-electron chi connectivity index (χ3n) is 4.79. The van der Waals surface area contributed by atoms with E-state index < -0.39 is 34.0 Å². The lowest BCUT2D eigenvalue weighted by atomic mass is 9.84. The van der Waals surface area contributed by atoms with Crippen molar-refractivity contribution in [2.24, 2.45) is 10.8 Å². The smallest absolute Gasteiger partial charge is 0.250 e. The number of fused-ring (bicyclic) bond motifs is 5. The standard InChI is InChI=1S/C14H6N4O3/c15-5-12-9(19)18-10(20)13(12,6-16)14(12)7-3-1-2-4-8(7)17-11(14)21/h1-4H,(H,17,21)(H,18,19,20). The number of nitrogens with one attached hydrogen (secondary N) is 2. The van der Waals surface area contributed by atoms with Gasteiger partial charge in [0.05, 0.1) is 12.1 Å². The van der Waals surface area contributed by atoms with Crippen LogP contribution in [-0.4, -0.2) is 17.7 Å². The topological polar surface area (TPSA) is 123 Å². The molecule has 0 radical (unpaired) electrons. The van der Waals surface area contributed by atoms with Crippen molar-refractivity contribution >= 4 is 23.4 Å². The maximum absolute atomic E-state index is 12.5. The summed E-state index contributed by atoms with van der Waals surface area (Å²) in [5, 5.41) is 23.6. The van der Waals surface area contributed by atoms with E-state index in [2.05, 4.69) is 5.32 Å². The fourth-order valence-corrected chi connectivity index (χ4v) is 3.97. The number of amides is 3. The van der Waals surface area contributed by atoms with E-state index in [0.717, 1.165) is 0 Å². The largest absolute Gasteiger partial charge is 0.325 e. The Bertz CT molecular complexity index is 824. The highest BCUT2D eigenvalue weighted by Crippen LogP contribution is 2.82. The number of piperidine rings is 1. The van der Waals surface area contributed by atoms with E-state index >= 15 is 0 Å². The van der Waals surface area contributed by atoms with Gasteiger partial charge in [0.15, 0.2) is 10.8 Å². The molecule has 3 amide bonds. The van der Waals surface area contributed by atoms with Crippen LogP contribution in [0.15, 0.2) is 24.3 Å². The second kappa shape index (κ2) is 2.94. The Kier molecular flexibility index (Phi) is 1.63. The fraction of sp³-hybridized carbons (Fsp3) is 0.214.